The average Bonchev–Trinajstić information content (AvgIpc) is 3.66. The average molecular weight is 724 g/mol. The Kier molecular flexibility index (Phi) is 6.96. The van der Waals surface area contributed by atoms with Crippen LogP contribution >= 0.6 is 0 Å². The number of pyridine rings is 1. The summed E-state index contributed by atoms with van der Waals surface area (Å²) in [5, 5.41) is 14.4. The van der Waals surface area contributed by atoms with Gasteiger partial charge in [0, 0.05) is 22.5 Å². The zero-order chi connectivity index (χ0) is 37.5. The van der Waals surface area contributed by atoms with Crippen LogP contribution in [0.4, 0.5) is 0 Å². The van der Waals surface area contributed by atoms with Crippen LogP contribution in [-0.4, -0.2) is 4.98 Å². The number of fused-ring (bicyclic) bond motifs is 8. The van der Waals surface area contributed by atoms with Crippen LogP contribution in [-0.2, 0) is 0 Å². The summed E-state index contributed by atoms with van der Waals surface area (Å²) < 4.78 is 6.48. The van der Waals surface area contributed by atoms with E-state index in [1.807, 2.05) is 18.3 Å². The van der Waals surface area contributed by atoms with E-state index < -0.39 is 0 Å². The second-order valence-corrected chi connectivity index (χ2v) is 15.0. The van der Waals surface area contributed by atoms with Gasteiger partial charge in [0.15, 0.2) is 5.58 Å². The van der Waals surface area contributed by atoms with Gasteiger partial charge >= 0.3 is 0 Å². The highest BCUT2D eigenvalue weighted by Gasteiger charge is 2.20. The molecule has 0 unspecified atom stereocenters. The fraction of sp³-hybridized carbons (Fsp3) is 0. The Balaban J connectivity index is 1.13. The van der Waals surface area contributed by atoms with Crippen LogP contribution in [0.2, 0.25) is 0 Å². The van der Waals surface area contributed by atoms with Gasteiger partial charge in [0.05, 0.1) is 0 Å². The summed E-state index contributed by atoms with van der Waals surface area (Å²) in [7, 11) is 0. The predicted molar refractivity (Wildman–Crippen MR) is 241 cm³/mol. The van der Waals surface area contributed by atoms with Crippen molar-refractivity contribution in [3.05, 3.63) is 200 Å². The topological polar surface area (TPSA) is 26.0 Å². The highest BCUT2D eigenvalue weighted by molar-refractivity contribution is 6.23. The molecule has 0 fully saturated rings. The lowest BCUT2D eigenvalue weighted by molar-refractivity contribution is 0.668. The third kappa shape index (κ3) is 4.94. The number of hydrogen-bond donors (Lipinski definition) is 0. The normalized spacial score (nSPS) is 11.9. The molecular weight excluding hydrogens is 691 g/mol. The van der Waals surface area contributed by atoms with Crippen molar-refractivity contribution in [1.29, 1.82) is 0 Å². The van der Waals surface area contributed by atoms with E-state index in [9.17, 15) is 0 Å². The van der Waals surface area contributed by atoms with Crippen LogP contribution in [0.25, 0.3) is 120 Å². The Hall–Kier alpha value is -7.55. The molecule has 0 atom stereocenters. The van der Waals surface area contributed by atoms with E-state index in [2.05, 4.69) is 182 Å². The van der Waals surface area contributed by atoms with Crippen molar-refractivity contribution >= 4 is 75.8 Å². The van der Waals surface area contributed by atoms with E-state index in [0.717, 1.165) is 38.6 Å². The number of hydrogen-bond acceptors (Lipinski definition) is 2. The molecule has 0 aliphatic carbocycles. The third-order valence-corrected chi connectivity index (χ3v) is 11.9. The van der Waals surface area contributed by atoms with Gasteiger partial charge in [0.25, 0.3) is 0 Å². The minimum absolute atomic E-state index is 0.815. The molecule has 0 amide bonds. The molecule has 0 spiro atoms. The number of aromatic nitrogens is 1. The van der Waals surface area contributed by atoms with Crippen molar-refractivity contribution in [3.8, 4) is 44.6 Å². The van der Waals surface area contributed by atoms with Crippen molar-refractivity contribution in [2.75, 3.05) is 0 Å². The van der Waals surface area contributed by atoms with E-state index in [1.165, 1.54) is 81.9 Å². The molecule has 2 aromatic heterocycles. The quantitative estimate of drug-likeness (QED) is 0.169. The maximum atomic E-state index is 6.48. The molecule has 0 saturated heterocycles. The smallest absolute Gasteiger partial charge is 0.161 e. The lowest BCUT2D eigenvalue weighted by atomic mass is 9.83. The molecule has 2 heterocycles. The van der Waals surface area contributed by atoms with Crippen LogP contribution in [0.3, 0.4) is 0 Å². The second kappa shape index (κ2) is 12.5. The van der Waals surface area contributed by atoms with Crippen molar-refractivity contribution in [2.24, 2.45) is 0 Å². The third-order valence-electron chi connectivity index (χ3n) is 11.9. The first kappa shape index (κ1) is 31.8. The van der Waals surface area contributed by atoms with Crippen LogP contribution in [0.5, 0.6) is 0 Å². The maximum Gasteiger partial charge on any atom is 0.161 e. The molecule has 2 heteroatoms. The van der Waals surface area contributed by atoms with Gasteiger partial charge < -0.3 is 4.42 Å². The van der Waals surface area contributed by atoms with Gasteiger partial charge in [0.2, 0.25) is 0 Å². The van der Waals surface area contributed by atoms with Crippen molar-refractivity contribution in [2.45, 2.75) is 0 Å². The SMILES string of the molecule is c1ccc2cc(-c3c4ccccc4c(-c4ccc5ccccc5c4)c4cc(-c5ccc(-c6nccc7c6oc6ccccc67)c6ccccc56)ccc34)ccc2c1. The minimum Gasteiger partial charge on any atom is -0.454 e. The highest BCUT2D eigenvalue weighted by Crippen LogP contribution is 2.47. The summed E-state index contributed by atoms with van der Waals surface area (Å²) in [5.41, 5.74) is 10.9. The maximum absolute atomic E-state index is 6.48. The highest BCUT2D eigenvalue weighted by atomic mass is 16.3. The lowest BCUT2D eigenvalue weighted by Gasteiger charge is -2.20. The summed E-state index contributed by atoms with van der Waals surface area (Å²) in [5.74, 6) is 0. The fourth-order valence-electron chi connectivity index (χ4n) is 9.26. The first-order chi connectivity index (χ1) is 28.3. The molecule has 0 radical (unpaired) electrons. The van der Waals surface area contributed by atoms with Crippen molar-refractivity contribution in [1.82, 2.24) is 4.98 Å². The van der Waals surface area contributed by atoms with E-state index in [4.69, 9.17) is 9.40 Å². The van der Waals surface area contributed by atoms with Gasteiger partial charge in [-0.1, -0.05) is 164 Å². The molecule has 0 N–H and O–H groups in total. The molecule has 264 valence electrons. The summed E-state index contributed by atoms with van der Waals surface area (Å²) in [6.45, 7) is 0. The summed E-state index contributed by atoms with van der Waals surface area (Å²) in [6, 6.07) is 70.6. The zero-order valence-electron chi connectivity index (χ0n) is 30.9. The number of furan rings is 1. The van der Waals surface area contributed by atoms with E-state index in [1.54, 1.807) is 0 Å². The molecule has 12 aromatic rings. The van der Waals surface area contributed by atoms with Gasteiger partial charge in [-0.05, 0) is 118 Å². The van der Waals surface area contributed by atoms with Crippen LogP contribution in [0.1, 0.15) is 0 Å². The summed E-state index contributed by atoms with van der Waals surface area (Å²) in [4.78, 5) is 4.93. The van der Waals surface area contributed by atoms with E-state index in [0.29, 0.717) is 0 Å². The van der Waals surface area contributed by atoms with Crippen LogP contribution in [0, 0.1) is 0 Å². The first-order valence-corrected chi connectivity index (χ1v) is 19.5. The monoisotopic (exact) mass is 723 g/mol. The summed E-state index contributed by atoms with van der Waals surface area (Å²) in [6.07, 6.45) is 1.90. The largest absolute Gasteiger partial charge is 0.454 e. The molecule has 0 saturated carbocycles. The van der Waals surface area contributed by atoms with Crippen molar-refractivity contribution in [3.63, 3.8) is 0 Å². The molecular formula is C55H33NO. The number of nitrogens with zero attached hydrogens (tertiary/aromatic N) is 1. The summed E-state index contributed by atoms with van der Waals surface area (Å²) >= 11 is 0. The number of benzene rings is 10. The van der Waals surface area contributed by atoms with Crippen molar-refractivity contribution < 1.29 is 4.42 Å². The Morgan fingerprint density at radius 1 is 0.316 bits per heavy atom. The zero-order valence-corrected chi connectivity index (χ0v) is 30.9. The molecule has 10 aromatic carbocycles. The number of rotatable bonds is 4. The second-order valence-electron chi connectivity index (χ2n) is 15.0. The minimum atomic E-state index is 0.815. The molecule has 12 rings (SSSR count). The molecule has 57 heavy (non-hydrogen) atoms. The molecule has 0 bridgehead atoms. The van der Waals surface area contributed by atoms with Gasteiger partial charge in [-0.25, -0.2) is 0 Å². The number of para-hydroxylation sites is 1. The first-order valence-electron chi connectivity index (χ1n) is 19.5. The van der Waals surface area contributed by atoms with Gasteiger partial charge in [0.1, 0.15) is 11.3 Å². The van der Waals surface area contributed by atoms with Crippen LogP contribution < -0.4 is 0 Å². The van der Waals surface area contributed by atoms with Gasteiger partial charge in [-0.3, -0.25) is 4.98 Å². The Labute approximate surface area is 328 Å². The lowest BCUT2D eigenvalue weighted by Crippen LogP contribution is -1.93. The molecule has 2 nitrogen and oxygen atoms in total. The molecule has 0 aliphatic heterocycles. The standard InChI is InChI=1S/C55H33NO/c1-3-13-36-31-39(23-21-34(36)11-1)52-45-18-7-8-19-46(45)53(40-24-22-35-12-2-4-14-37(35)32-40)50-33-38(25-26-47(50)52)41-27-28-48(43-16-6-5-15-42(41)43)54-55-49(29-30-56-54)44-17-9-10-20-51(44)57-55/h1-33H. The Bertz CT molecular complexity index is 3590. The predicted octanol–water partition coefficient (Wildman–Crippen LogP) is 15.4. The molecule has 0 aliphatic rings. The Morgan fingerprint density at radius 2 is 0.825 bits per heavy atom. The van der Waals surface area contributed by atoms with E-state index >= 15 is 0 Å². The van der Waals surface area contributed by atoms with Gasteiger partial charge in [-0.15, -0.1) is 0 Å². The Morgan fingerprint density at radius 3 is 1.51 bits per heavy atom. The fourth-order valence-corrected chi connectivity index (χ4v) is 9.26. The van der Waals surface area contributed by atoms with Gasteiger partial charge in [-0.2, -0.15) is 0 Å². The van der Waals surface area contributed by atoms with Crippen LogP contribution in [0.15, 0.2) is 205 Å². The van der Waals surface area contributed by atoms with E-state index in [-0.39, 0.29) is 0 Å².